The summed E-state index contributed by atoms with van der Waals surface area (Å²) in [7, 11) is 0. The van der Waals surface area contributed by atoms with E-state index in [0.717, 1.165) is 22.4 Å². The van der Waals surface area contributed by atoms with Crippen LogP contribution in [0.3, 0.4) is 0 Å². The number of hydrogen-bond donors (Lipinski definition) is 1. The molecule has 23 heavy (non-hydrogen) atoms. The molecular weight excluding hydrogens is 292 g/mol. The Morgan fingerprint density at radius 2 is 1.91 bits per heavy atom. The lowest BCUT2D eigenvalue weighted by molar-refractivity contribution is -0.149. The van der Waals surface area contributed by atoms with Crippen molar-refractivity contribution in [2.45, 2.75) is 33.0 Å². The maximum atomic E-state index is 11.2. The van der Waals surface area contributed by atoms with Gasteiger partial charge in [0.25, 0.3) is 0 Å². The number of carbonyl (C=O) groups is 1. The Morgan fingerprint density at radius 3 is 2.52 bits per heavy atom. The standard InChI is InChI=1S/C19H22O4/c1-3-22-18(19(20)21)12-16-9-10-17(11-14(16)2)23-13-15-7-5-4-6-8-15/h4-11,18H,3,12-13H2,1-2H3,(H,20,21)/t18-/m0/s1. The molecule has 0 heterocycles. The Labute approximate surface area is 136 Å². The zero-order valence-corrected chi connectivity index (χ0v) is 13.5. The minimum atomic E-state index is -0.935. The summed E-state index contributed by atoms with van der Waals surface area (Å²) in [5, 5.41) is 9.17. The molecule has 0 radical (unpaired) electrons. The quantitative estimate of drug-likeness (QED) is 0.809. The van der Waals surface area contributed by atoms with Crippen molar-refractivity contribution in [3.8, 4) is 5.75 Å². The van der Waals surface area contributed by atoms with Crippen LogP contribution in [0.1, 0.15) is 23.6 Å². The molecule has 0 aliphatic rings. The second-order valence-corrected chi connectivity index (χ2v) is 5.35. The molecule has 2 aromatic rings. The first-order valence-electron chi connectivity index (χ1n) is 7.70. The first-order valence-corrected chi connectivity index (χ1v) is 7.70. The molecule has 0 aliphatic carbocycles. The SMILES string of the molecule is CCO[C@@H](Cc1ccc(OCc2ccccc2)cc1C)C(=O)O. The smallest absolute Gasteiger partial charge is 0.333 e. The summed E-state index contributed by atoms with van der Waals surface area (Å²) in [6, 6.07) is 15.7. The van der Waals surface area contributed by atoms with E-state index in [1.807, 2.05) is 55.5 Å². The molecule has 2 aromatic carbocycles. The van der Waals surface area contributed by atoms with Crippen LogP contribution < -0.4 is 4.74 Å². The van der Waals surface area contributed by atoms with Crippen LogP contribution in [0.15, 0.2) is 48.5 Å². The number of aryl methyl sites for hydroxylation is 1. The first-order chi connectivity index (χ1) is 11.1. The summed E-state index contributed by atoms with van der Waals surface area (Å²) >= 11 is 0. The fourth-order valence-electron chi connectivity index (χ4n) is 2.35. The third-order valence-corrected chi connectivity index (χ3v) is 3.61. The van der Waals surface area contributed by atoms with E-state index in [1.165, 1.54) is 0 Å². The topological polar surface area (TPSA) is 55.8 Å². The van der Waals surface area contributed by atoms with Gasteiger partial charge in [-0.2, -0.15) is 0 Å². The average Bonchev–Trinajstić information content (AvgIpc) is 2.55. The summed E-state index contributed by atoms with van der Waals surface area (Å²) in [4.78, 5) is 11.2. The molecule has 0 saturated carbocycles. The van der Waals surface area contributed by atoms with E-state index in [0.29, 0.717) is 19.6 Å². The van der Waals surface area contributed by atoms with Crippen molar-refractivity contribution in [2.75, 3.05) is 6.61 Å². The first kappa shape index (κ1) is 17.0. The van der Waals surface area contributed by atoms with Gasteiger partial charge in [-0.3, -0.25) is 0 Å². The molecule has 2 rings (SSSR count). The van der Waals surface area contributed by atoms with Crippen molar-refractivity contribution >= 4 is 5.97 Å². The van der Waals surface area contributed by atoms with Crippen molar-refractivity contribution in [1.29, 1.82) is 0 Å². The molecule has 1 N–H and O–H groups in total. The molecule has 0 aliphatic heterocycles. The summed E-state index contributed by atoms with van der Waals surface area (Å²) < 4.78 is 11.0. The van der Waals surface area contributed by atoms with Crippen LogP contribution in [0.2, 0.25) is 0 Å². The Balaban J connectivity index is 2.01. The summed E-state index contributed by atoms with van der Waals surface area (Å²) in [5.74, 6) is -0.158. The summed E-state index contributed by atoms with van der Waals surface area (Å²) in [5.41, 5.74) is 3.07. The van der Waals surface area contributed by atoms with Gasteiger partial charge in [0.15, 0.2) is 6.10 Å². The Hall–Kier alpha value is -2.33. The molecule has 1 atom stereocenters. The summed E-state index contributed by atoms with van der Waals surface area (Å²) in [6.07, 6.45) is -0.455. The second-order valence-electron chi connectivity index (χ2n) is 5.35. The maximum absolute atomic E-state index is 11.2. The number of carboxylic acids is 1. The van der Waals surface area contributed by atoms with Crippen LogP contribution in [0, 0.1) is 6.92 Å². The molecule has 122 valence electrons. The van der Waals surface area contributed by atoms with Crippen molar-refractivity contribution in [2.24, 2.45) is 0 Å². The highest BCUT2D eigenvalue weighted by Crippen LogP contribution is 2.20. The molecule has 4 heteroatoms. The Kier molecular flexibility index (Phi) is 6.18. The third kappa shape index (κ3) is 5.11. The molecule has 0 bridgehead atoms. The molecule has 4 nitrogen and oxygen atoms in total. The lowest BCUT2D eigenvalue weighted by atomic mass is 10.0. The monoisotopic (exact) mass is 314 g/mol. The van der Waals surface area contributed by atoms with Gasteiger partial charge in [0, 0.05) is 13.0 Å². The molecule has 0 fully saturated rings. The molecule has 0 saturated heterocycles. The lowest BCUT2D eigenvalue weighted by Gasteiger charge is -2.15. The highest BCUT2D eigenvalue weighted by molar-refractivity contribution is 5.72. The highest BCUT2D eigenvalue weighted by atomic mass is 16.5. The number of benzene rings is 2. The van der Waals surface area contributed by atoms with Crippen molar-refractivity contribution < 1.29 is 19.4 Å². The van der Waals surface area contributed by atoms with Gasteiger partial charge in [0.2, 0.25) is 0 Å². The van der Waals surface area contributed by atoms with E-state index in [2.05, 4.69) is 0 Å². The predicted octanol–water partition coefficient (Wildman–Crippen LogP) is 3.61. The van der Waals surface area contributed by atoms with Gasteiger partial charge < -0.3 is 14.6 Å². The molecule has 0 amide bonds. The Bertz CT molecular complexity index is 637. The van der Waals surface area contributed by atoms with Gasteiger partial charge in [-0.1, -0.05) is 36.4 Å². The van der Waals surface area contributed by atoms with E-state index in [1.54, 1.807) is 6.92 Å². The van der Waals surface area contributed by atoms with Crippen molar-refractivity contribution in [1.82, 2.24) is 0 Å². The van der Waals surface area contributed by atoms with Crippen LogP contribution in [0.4, 0.5) is 0 Å². The van der Waals surface area contributed by atoms with Gasteiger partial charge >= 0.3 is 5.97 Å². The third-order valence-electron chi connectivity index (χ3n) is 3.61. The van der Waals surface area contributed by atoms with Crippen LogP contribution in [0.5, 0.6) is 5.75 Å². The van der Waals surface area contributed by atoms with Crippen molar-refractivity contribution in [3.63, 3.8) is 0 Å². The van der Waals surface area contributed by atoms with E-state index in [4.69, 9.17) is 9.47 Å². The van der Waals surface area contributed by atoms with Crippen LogP contribution in [-0.4, -0.2) is 23.8 Å². The van der Waals surface area contributed by atoms with Gasteiger partial charge in [-0.15, -0.1) is 0 Å². The zero-order chi connectivity index (χ0) is 16.7. The second kappa shape index (κ2) is 8.34. The predicted molar refractivity (Wildman–Crippen MR) is 88.7 cm³/mol. The normalized spacial score (nSPS) is 11.9. The van der Waals surface area contributed by atoms with Gasteiger partial charge in [-0.25, -0.2) is 4.79 Å². The van der Waals surface area contributed by atoms with Gasteiger partial charge in [0.1, 0.15) is 12.4 Å². The van der Waals surface area contributed by atoms with Crippen LogP contribution in [0.25, 0.3) is 0 Å². The summed E-state index contributed by atoms with van der Waals surface area (Å²) in [6.45, 7) is 4.64. The fourth-order valence-corrected chi connectivity index (χ4v) is 2.35. The molecule has 0 spiro atoms. The van der Waals surface area contributed by atoms with Crippen LogP contribution >= 0.6 is 0 Å². The highest BCUT2D eigenvalue weighted by Gasteiger charge is 2.19. The number of ether oxygens (including phenoxy) is 2. The minimum Gasteiger partial charge on any atom is -0.489 e. The van der Waals surface area contributed by atoms with E-state index >= 15 is 0 Å². The van der Waals surface area contributed by atoms with Gasteiger partial charge in [-0.05, 0) is 42.7 Å². The largest absolute Gasteiger partial charge is 0.489 e. The van der Waals surface area contributed by atoms with Crippen molar-refractivity contribution in [3.05, 3.63) is 65.2 Å². The zero-order valence-electron chi connectivity index (χ0n) is 13.5. The average molecular weight is 314 g/mol. The van der Waals surface area contributed by atoms with E-state index in [9.17, 15) is 9.90 Å². The fraction of sp³-hybridized carbons (Fsp3) is 0.316. The van der Waals surface area contributed by atoms with E-state index < -0.39 is 12.1 Å². The number of aliphatic carboxylic acids is 1. The molecule has 0 unspecified atom stereocenters. The van der Waals surface area contributed by atoms with Gasteiger partial charge in [0.05, 0.1) is 0 Å². The minimum absolute atomic E-state index is 0.355. The van der Waals surface area contributed by atoms with Crippen LogP contribution in [-0.2, 0) is 22.6 Å². The number of carboxylic acid groups (broad SMARTS) is 1. The number of hydrogen-bond acceptors (Lipinski definition) is 3. The Morgan fingerprint density at radius 1 is 1.17 bits per heavy atom. The molecule has 0 aromatic heterocycles. The molecular formula is C19H22O4. The number of rotatable bonds is 8. The lowest BCUT2D eigenvalue weighted by Crippen LogP contribution is -2.26. The van der Waals surface area contributed by atoms with E-state index in [-0.39, 0.29) is 0 Å². The maximum Gasteiger partial charge on any atom is 0.333 e.